The molecule has 12 nitrogen and oxygen atoms in total. The molecule has 224 valence electrons. The number of aliphatic hydroxyl groups excluding tert-OH is 1. The molecule has 0 fully saturated rings. The van der Waals surface area contributed by atoms with Gasteiger partial charge in [0, 0.05) is 6.42 Å². The van der Waals surface area contributed by atoms with Crippen molar-refractivity contribution in [2.45, 2.75) is 77.2 Å². The lowest BCUT2D eigenvalue weighted by Crippen LogP contribution is -2.59. The highest BCUT2D eigenvalue weighted by molar-refractivity contribution is 5.94. The van der Waals surface area contributed by atoms with Gasteiger partial charge in [-0.15, -0.1) is 0 Å². The van der Waals surface area contributed by atoms with Crippen molar-refractivity contribution in [2.75, 3.05) is 6.54 Å². The second kappa shape index (κ2) is 15.7. The zero-order valence-corrected chi connectivity index (χ0v) is 23.7. The van der Waals surface area contributed by atoms with Crippen LogP contribution in [-0.4, -0.2) is 81.8 Å². The van der Waals surface area contributed by atoms with Crippen molar-refractivity contribution in [1.29, 1.82) is 0 Å². The van der Waals surface area contributed by atoms with Crippen molar-refractivity contribution in [1.82, 2.24) is 21.3 Å². The topological polar surface area (TPSA) is 194 Å². The number of carbonyl (C=O) groups is 5. The molecule has 0 heterocycles. The Hall–Kier alpha value is -4.03. The average Bonchev–Trinajstić information content (AvgIpc) is 2.90. The fourth-order valence-electron chi connectivity index (χ4n) is 4.20. The van der Waals surface area contributed by atoms with Gasteiger partial charge in [-0.2, -0.15) is 0 Å². The molecule has 2 rings (SSSR count). The Balaban J connectivity index is 2.04. The highest BCUT2D eigenvalue weighted by Crippen LogP contribution is 2.16. The Morgan fingerprint density at radius 2 is 1.41 bits per heavy atom. The molecule has 2 aromatic carbocycles. The van der Waals surface area contributed by atoms with E-state index in [2.05, 4.69) is 21.3 Å². The predicted molar refractivity (Wildman–Crippen MR) is 152 cm³/mol. The molecule has 0 saturated carbocycles. The van der Waals surface area contributed by atoms with E-state index in [1.165, 1.54) is 13.8 Å². The lowest BCUT2D eigenvalue weighted by atomic mass is 10.0. The summed E-state index contributed by atoms with van der Waals surface area (Å²) < 4.78 is 0. The quantitative estimate of drug-likeness (QED) is 0.152. The first-order valence-corrected chi connectivity index (χ1v) is 13.5. The Morgan fingerprint density at radius 1 is 0.780 bits per heavy atom. The van der Waals surface area contributed by atoms with Gasteiger partial charge in [-0.3, -0.25) is 19.2 Å². The van der Waals surface area contributed by atoms with Crippen LogP contribution < -0.4 is 21.3 Å². The third-order valence-corrected chi connectivity index (χ3v) is 6.63. The van der Waals surface area contributed by atoms with Crippen molar-refractivity contribution in [3.63, 3.8) is 0 Å². The molecule has 0 aliphatic rings. The van der Waals surface area contributed by atoms with Gasteiger partial charge in [0.2, 0.25) is 17.7 Å². The maximum Gasteiger partial charge on any atom is 0.326 e. The number of hydrogen-bond donors (Lipinski definition) is 7. The molecule has 41 heavy (non-hydrogen) atoms. The summed E-state index contributed by atoms with van der Waals surface area (Å²) in [6.07, 6.45) is -1.15. The van der Waals surface area contributed by atoms with E-state index in [0.717, 1.165) is 16.3 Å². The second-order valence-electron chi connectivity index (χ2n) is 10.4. The van der Waals surface area contributed by atoms with Gasteiger partial charge in [0.05, 0.1) is 12.1 Å². The van der Waals surface area contributed by atoms with Crippen LogP contribution in [0.4, 0.5) is 0 Å². The molecule has 3 amide bonds. The Labute approximate surface area is 238 Å². The third kappa shape index (κ3) is 10.5. The van der Waals surface area contributed by atoms with E-state index in [4.69, 9.17) is 5.11 Å². The third-order valence-electron chi connectivity index (χ3n) is 6.63. The summed E-state index contributed by atoms with van der Waals surface area (Å²) >= 11 is 0. The molecule has 0 aromatic heterocycles. The largest absolute Gasteiger partial charge is 0.481 e. The van der Waals surface area contributed by atoms with Gasteiger partial charge in [0.1, 0.15) is 18.1 Å². The maximum atomic E-state index is 13.1. The number of carbonyl (C=O) groups excluding carboxylic acids is 3. The smallest absolute Gasteiger partial charge is 0.326 e. The molecule has 0 aliphatic carbocycles. The maximum absolute atomic E-state index is 13.1. The van der Waals surface area contributed by atoms with Gasteiger partial charge in [0.15, 0.2) is 0 Å². The van der Waals surface area contributed by atoms with Gasteiger partial charge in [-0.05, 0) is 55.5 Å². The van der Waals surface area contributed by atoms with Crippen LogP contribution in [0, 0.1) is 5.92 Å². The summed E-state index contributed by atoms with van der Waals surface area (Å²) in [5, 5.41) is 41.1. The molecule has 0 saturated heterocycles. The monoisotopic (exact) mass is 572 g/mol. The second-order valence-corrected chi connectivity index (χ2v) is 10.4. The van der Waals surface area contributed by atoms with E-state index in [9.17, 15) is 34.2 Å². The number of hydrogen-bond acceptors (Lipinski definition) is 7. The molecule has 5 unspecified atom stereocenters. The number of fused-ring (bicyclic) bond motifs is 1. The van der Waals surface area contributed by atoms with Crippen LogP contribution in [0.25, 0.3) is 10.8 Å². The predicted octanol–water partition coefficient (Wildman–Crippen LogP) is 0.801. The normalized spacial score (nSPS) is 14.9. The Kier molecular flexibility index (Phi) is 12.7. The van der Waals surface area contributed by atoms with Crippen molar-refractivity contribution in [3.8, 4) is 0 Å². The molecule has 12 heteroatoms. The number of aliphatic carboxylic acids is 2. The number of amides is 3. The van der Waals surface area contributed by atoms with Crippen LogP contribution in [-0.2, 0) is 30.4 Å². The lowest BCUT2D eigenvalue weighted by Gasteiger charge is -2.26. The summed E-state index contributed by atoms with van der Waals surface area (Å²) in [6, 6.07) is 9.15. The Bertz CT molecular complexity index is 1230. The molecule has 7 N–H and O–H groups in total. The minimum Gasteiger partial charge on any atom is -0.481 e. The minimum absolute atomic E-state index is 0.0579. The van der Waals surface area contributed by atoms with Crippen LogP contribution in [0.3, 0.4) is 0 Å². The number of nitrogens with one attached hydrogen (secondary N) is 4. The van der Waals surface area contributed by atoms with E-state index in [0.29, 0.717) is 13.0 Å². The van der Waals surface area contributed by atoms with Crippen LogP contribution in [0.5, 0.6) is 0 Å². The first-order chi connectivity index (χ1) is 19.3. The Morgan fingerprint density at radius 3 is 2.00 bits per heavy atom. The van der Waals surface area contributed by atoms with E-state index in [1.54, 1.807) is 13.8 Å². The SMILES string of the molecule is CC(NC(=O)C(NC(=O)C(CCC(=O)O)NCCc1ccc2ccccc2c1)C(C)O)C(=O)NC(C(=O)O)C(C)C. The first-order valence-electron chi connectivity index (χ1n) is 13.5. The summed E-state index contributed by atoms with van der Waals surface area (Å²) in [6.45, 7) is 6.22. The number of carboxylic acid groups (broad SMARTS) is 2. The molecular weight excluding hydrogens is 532 g/mol. The van der Waals surface area contributed by atoms with Crippen molar-refractivity contribution < 1.29 is 39.3 Å². The average molecular weight is 573 g/mol. The molecule has 0 aliphatic heterocycles. The summed E-state index contributed by atoms with van der Waals surface area (Å²) in [5.74, 6) is -5.01. The summed E-state index contributed by atoms with van der Waals surface area (Å²) in [5.41, 5.74) is 1.02. The van der Waals surface area contributed by atoms with Crippen molar-refractivity contribution >= 4 is 40.4 Å². The van der Waals surface area contributed by atoms with Crippen LogP contribution in [0.1, 0.15) is 46.1 Å². The van der Waals surface area contributed by atoms with Crippen molar-refractivity contribution in [3.05, 3.63) is 48.0 Å². The van der Waals surface area contributed by atoms with Gasteiger partial charge in [-0.1, -0.05) is 56.3 Å². The summed E-state index contributed by atoms with van der Waals surface area (Å²) in [7, 11) is 0. The standard InChI is InChI=1S/C29H40N4O8/c1-16(2)24(29(40)41)32-26(37)17(3)31-28(39)25(18(4)34)33-27(38)22(11-12-23(35)36)30-14-13-19-9-10-20-7-5-6-8-21(20)15-19/h5-10,15-18,22,24-25,30,34H,11-14H2,1-4H3,(H,31,39)(H,32,37)(H,33,38)(H,35,36)(H,40,41). The number of benzene rings is 2. The molecule has 2 aromatic rings. The minimum atomic E-state index is -1.45. The lowest BCUT2D eigenvalue weighted by molar-refractivity contribution is -0.143. The van der Waals surface area contributed by atoms with Gasteiger partial charge >= 0.3 is 11.9 Å². The van der Waals surface area contributed by atoms with Gasteiger partial charge < -0.3 is 36.6 Å². The fourth-order valence-corrected chi connectivity index (χ4v) is 4.20. The van der Waals surface area contributed by atoms with E-state index in [1.807, 2.05) is 42.5 Å². The number of aliphatic hydroxyl groups is 1. The van der Waals surface area contributed by atoms with Crippen LogP contribution in [0.15, 0.2) is 42.5 Å². The zero-order valence-electron chi connectivity index (χ0n) is 23.7. The molecule has 0 radical (unpaired) electrons. The van der Waals surface area contributed by atoms with Crippen LogP contribution in [0.2, 0.25) is 0 Å². The van der Waals surface area contributed by atoms with Crippen LogP contribution >= 0.6 is 0 Å². The molecule has 5 atom stereocenters. The number of rotatable bonds is 16. The van der Waals surface area contributed by atoms with Gasteiger partial charge in [0.25, 0.3) is 0 Å². The molecule has 0 spiro atoms. The van der Waals surface area contributed by atoms with E-state index >= 15 is 0 Å². The van der Waals surface area contributed by atoms with Crippen molar-refractivity contribution in [2.24, 2.45) is 5.92 Å². The summed E-state index contributed by atoms with van der Waals surface area (Å²) in [4.78, 5) is 61.0. The first kappa shape index (κ1) is 33.2. The van der Waals surface area contributed by atoms with E-state index < -0.39 is 65.8 Å². The zero-order chi connectivity index (χ0) is 30.7. The molecule has 0 bridgehead atoms. The highest BCUT2D eigenvalue weighted by atomic mass is 16.4. The molecular formula is C29H40N4O8. The van der Waals surface area contributed by atoms with Gasteiger partial charge in [-0.25, -0.2) is 4.79 Å². The highest BCUT2D eigenvalue weighted by Gasteiger charge is 2.32. The van der Waals surface area contributed by atoms with E-state index in [-0.39, 0.29) is 12.8 Å². The fraction of sp³-hybridized carbons (Fsp3) is 0.483. The number of carboxylic acids is 2.